The Morgan fingerprint density at radius 1 is 1.22 bits per heavy atom. The van der Waals surface area contributed by atoms with Crippen molar-refractivity contribution >= 4 is 17.3 Å². The lowest BCUT2D eigenvalue weighted by Gasteiger charge is -2.07. The Morgan fingerprint density at radius 2 is 2.00 bits per heavy atom. The second-order valence-electron chi connectivity index (χ2n) is 3.96. The fraction of sp³-hybridized carbons (Fsp3) is 0.200. The van der Waals surface area contributed by atoms with Crippen molar-refractivity contribution in [1.29, 1.82) is 0 Å². The Hall–Kier alpha value is -1.67. The number of aromatic nitrogens is 1. The normalized spacial score (nSPS) is 11.6. The quantitative estimate of drug-likeness (QED) is 0.766. The highest BCUT2D eigenvalue weighted by molar-refractivity contribution is 6.31. The third-order valence-corrected chi connectivity index (χ3v) is 2.86. The molecule has 0 aliphatic heterocycles. The molecule has 2 nitrogen and oxygen atoms in total. The molecule has 0 aliphatic rings. The second-order valence-corrected chi connectivity index (χ2v) is 4.40. The Bertz CT molecular complexity index is 535. The van der Waals surface area contributed by atoms with Crippen LogP contribution in [0.2, 0.25) is 5.02 Å². The number of hydrogen-bond donors (Lipinski definition) is 0. The van der Waals surface area contributed by atoms with Gasteiger partial charge >= 0.3 is 0 Å². The summed E-state index contributed by atoms with van der Waals surface area (Å²) in [7, 11) is 0. The maximum Gasteiger partial charge on any atom is 0.0464 e. The molecule has 0 atom stereocenters. The molecule has 3 heteroatoms. The molecule has 2 aromatic rings. The maximum atomic E-state index is 6.03. The van der Waals surface area contributed by atoms with Crippen molar-refractivity contribution in [2.24, 2.45) is 4.99 Å². The Kier molecular flexibility index (Phi) is 4.48. The molecule has 18 heavy (non-hydrogen) atoms. The summed E-state index contributed by atoms with van der Waals surface area (Å²) in [5.41, 5.74) is 3.35. The van der Waals surface area contributed by atoms with Crippen LogP contribution in [0.5, 0.6) is 0 Å². The lowest BCUT2D eigenvalue weighted by molar-refractivity contribution is 1.10. The van der Waals surface area contributed by atoms with Gasteiger partial charge in [0.15, 0.2) is 0 Å². The predicted molar refractivity (Wildman–Crippen MR) is 76.5 cm³/mol. The monoisotopic (exact) mass is 258 g/mol. The van der Waals surface area contributed by atoms with Crippen molar-refractivity contribution in [3.8, 4) is 0 Å². The van der Waals surface area contributed by atoms with Crippen molar-refractivity contribution in [1.82, 2.24) is 4.98 Å². The van der Waals surface area contributed by atoms with Gasteiger partial charge in [0.1, 0.15) is 0 Å². The summed E-state index contributed by atoms with van der Waals surface area (Å²) in [6.45, 7) is 2.81. The molecule has 0 amide bonds. The number of hydrogen-bond acceptors (Lipinski definition) is 2. The summed E-state index contributed by atoms with van der Waals surface area (Å²) in [6, 6.07) is 11.8. The van der Waals surface area contributed by atoms with E-state index in [0.29, 0.717) is 0 Å². The van der Waals surface area contributed by atoms with Crippen LogP contribution in [-0.4, -0.2) is 17.2 Å². The molecule has 0 fully saturated rings. The van der Waals surface area contributed by atoms with Crippen molar-refractivity contribution < 1.29 is 0 Å². The minimum Gasteiger partial charge on any atom is -0.289 e. The number of nitrogens with zero attached hydrogens (tertiary/aromatic N) is 2. The van der Waals surface area contributed by atoms with Gasteiger partial charge in [-0.1, -0.05) is 23.7 Å². The molecule has 1 aromatic heterocycles. The molecule has 0 N–H and O–H groups in total. The van der Waals surface area contributed by atoms with Crippen LogP contribution in [0.4, 0.5) is 0 Å². The first-order valence-corrected chi connectivity index (χ1v) is 6.35. The first kappa shape index (κ1) is 12.8. The van der Waals surface area contributed by atoms with Crippen LogP contribution in [0, 0.1) is 0 Å². The van der Waals surface area contributed by atoms with Crippen molar-refractivity contribution in [2.75, 3.05) is 6.54 Å². The summed E-state index contributed by atoms with van der Waals surface area (Å²) in [6.07, 6.45) is 4.41. The molecular formula is C15H15ClN2. The Labute approximate surface area is 112 Å². The van der Waals surface area contributed by atoms with E-state index < -0.39 is 0 Å². The lowest BCUT2D eigenvalue weighted by Crippen LogP contribution is -2.06. The van der Waals surface area contributed by atoms with E-state index in [2.05, 4.69) is 9.98 Å². The molecule has 0 saturated heterocycles. The van der Waals surface area contributed by atoms with Crippen LogP contribution in [0.15, 0.2) is 53.8 Å². The number of rotatable bonds is 4. The average Bonchev–Trinajstić information content (AvgIpc) is 2.39. The topological polar surface area (TPSA) is 25.2 Å². The molecule has 0 bridgehead atoms. The van der Waals surface area contributed by atoms with Crippen LogP contribution >= 0.6 is 11.6 Å². The van der Waals surface area contributed by atoms with Gasteiger partial charge in [-0.15, -0.1) is 0 Å². The molecule has 92 valence electrons. The molecule has 1 heterocycles. The first-order chi connectivity index (χ1) is 8.79. The average molecular weight is 259 g/mol. The van der Waals surface area contributed by atoms with E-state index in [9.17, 15) is 0 Å². The van der Waals surface area contributed by atoms with Gasteiger partial charge in [0.05, 0.1) is 0 Å². The van der Waals surface area contributed by atoms with E-state index in [4.69, 9.17) is 11.6 Å². The summed E-state index contributed by atoms with van der Waals surface area (Å²) in [4.78, 5) is 8.59. The summed E-state index contributed by atoms with van der Waals surface area (Å²) >= 11 is 6.03. The highest BCUT2D eigenvalue weighted by Crippen LogP contribution is 2.14. The molecule has 0 radical (unpaired) electrons. The Balaban J connectivity index is 2.27. The lowest BCUT2D eigenvalue weighted by atomic mass is 10.0. The van der Waals surface area contributed by atoms with E-state index in [1.807, 2.05) is 43.3 Å². The predicted octanol–water partition coefficient (Wildman–Crippen LogP) is 3.79. The summed E-state index contributed by atoms with van der Waals surface area (Å²) < 4.78 is 0. The minimum absolute atomic E-state index is 0.742. The van der Waals surface area contributed by atoms with Gasteiger partial charge in [0.25, 0.3) is 0 Å². The third kappa shape index (κ3) is 3.41. The fourth-order valence-corrected chi connectivity index (χ4v) is 1.99. The molecule has 1 aromatic carbocycles. The van der Waals surface area contributed by atoms with Crippen molar-refractivity contribution in [3.05, 3.63) is 64.9 Å². The van der Waals surface area contributed by atoms with Crippen LogP contribution in [0.3, 0.4) is 0 Å². The van der Waals surface area contributed by atoms with Crippen LogP contribution < -0.4 is 0 Å². The maximum absolute atomic E-state index is 6.03. The third-order valence-electron chi connectivity index (χ3n) is 2.63. The minimum atomic E-state index is 0.742. The molecular weight excluding hydrogens is 244 g/mol. The number of benzene rings is 1. The van der Waals surface area contributed by atoms with E-state index in [0.717, 1.165) is 29.3 Å². The molecule has 0 unspecified atom stereocenters. The zero-order chi connectivity index (χ0) is 12.8. The Morgan fingerprint density at radius 3 is 2.67 bits per heavy atom. The zero-order valence-corrected chi connectivity index (χ0v) is 11.1. The summed E-state index contributed by atoms with van der Waals surface area (Å²) in [5.74, 6) is 0. The van der Waals surface area contributed by atoms with E-state index in [-0.39, 0.29) is 0 Å². The van der Waals surface area contributed by atoms with E-state index >= 15 is 0 Å². The highest BCUT2D eigenvalue weighted by Gasteiger charge is 2.05. The van der Waals surface area contributed by atoms with Crippen LogP contribution in [0.25, 0.3) is 0 Å². The van der Waals surface area contributed by atoms with E-state index in [1.54, 1.807) is 12.4 Å². The number of aliphatic imine (C=N–C) groups is 1. The smallest absolute Gasteiger partial charge is 0.0464 e. The molecule has 2 rings (SSSR count). The fourth-order valence-electron chi connectivity index (χ4n) is 1.80. The van der Waals surface area contributed by atoms with Gasteiger partial charge in [-0.2, -0.15) is 0 Å². The number of pyridine rings is 1. The summed E-state index contributed by atoms with van der Waals surface area (Å²) in [5, 5.41) is 0.742. The van der Waals surface area contributed by atoms with Gasteiger partial charge in [0.2, 0.25) is 0 Å². The van der Waals surface area contributed by atoms with Crippen molar-refractivity contribution in [2.45, 2.75) is 13.3 Å². The second kappa shape index (κ2) is 6.31. The van der Waals surface area contributed by atoms with Crippen LogP contribution in [-0.2, 0) is 6.42 Å². The molecule has 0 saturated carbocycles. The van der Waals surface area contributed by atoms with Gasteiger partial charge in [-0.25, -0.2) is 0 Å². The zero-order valence-electron chi connectivity index (χ0n) is 10.3. The van der Waals surface area contributed by atoms with Crippen LogP contribution in [0.1, 0.15) is 18.1 Å². The van der Waals surface area contributed by atoms with Gasteiger partial charge in [-0.05, 0) is 42.3 Å². The van der Waals surface area contributed by atoms with Crippen molar-refractivity contribution in [3.63, 3.8) is 0 Å². The van der Waals surface area contributed by atoms with Gasteiger partial charge in [-0.3, -0.25) is 9.98 Å². The molecule has 0 aliphatic carbocycles. The molecule has 0 spiro atoms. The van der Waals surface area contributed by atoms with Gasteiger partial charge in [0, 0.05) is 36.1 Å². The SMILES string of the molecule is CCN=C(Cc1ccncc1)c1cccc(Cl)c1. The highest BCUT2D eigenvalue weighted by atomic mass is 35.5. The number of halogens is 1. The van der Waals surface area contributed by atoms with Gasteiger partial charge < -0.3 is 0 Å². The largest absolute Gasteiger partial charge is 0.289 e. The first-order valence-electron chi connectivity index (χ1n) is 5.97. The standard InChI is InChI=1S/C15H15ClN2/c1-2-18-15(10-12-6-8-17-9-7-12)13-4-3-5-14(16)11-13/h3-9,11H,2,10H2,1H3. The van der Waals surface area contributed by atoms with E-state index in [1.165, 1.54) is 5.56 Å².